The molecule has 170 valence electrons. The Balaban J connectivity index is 1.57. The molecule has 0 heterocycles. The second kappa shape index (κ2) is 7.88. The number of carbonyl (C=O) groups is 2. The molecule has 0 amide bonds. The molecule has 4 aliphatic carbocycles. The standard InChI is InChI=1S/C25H40O5/c1-14(5-8-20(27)30-4)16-6-7-17-21-18(10-12-24(16,17)2)25(3)11-9-15(26)13-19(25)22(28)23(21)29/h14-19,21-22,26,28H,5-13H2,1-4H3/t14-,15-,16-,17+,18+,19?,21?,22-,24?,25?/m1/s1. The number of ether oxygens (including phenoxy) is 1. The zero-order valence-corrected chi connectivity index (χ0v) is 19.1. The SMILES string of the molecule is COC(=O)CC[C@@H](C)[C@H]1CC[C@H]2C3C(=O)[C@H](O)C4C[C@H](O)CCC4(C)[C@H]3CCC12C. The van der Waals surface area contributed by atoms with E-state index in [4.69, 9.17) is 4.74 Å². The number of carbonyl (C=O) groups excluding carboxylic acids is 2. The van der Waals surface area contributed by atoms with E-state index >= 15 is 0 Å². The van der Waals surface area contributed by atoms with Crippen LogP contribution in [0.4, 0.5) is 0 Å². The van der Waals surface area contributed by atoms with Crippen LogP contribution in [0.2, 0.25) is 0 Å². The van der Waals surface area contributed by atoms with Gasteiger partial charge >= 0.3 is 5.97 Å². The predicted molar refractivity (Wildman–Crippen MR) is 113 cm³/mol. The van der Waals surface area contributed by atoms with Crippen molar-refractivity contribution in [3.8, 4) is 0 Å². The molecule has 0 radical (unpaired) electrons. The van der Waals surface area contributed by atoms with Crippen molar-refractivity contribution in [2.24, 2.45) is 46.3 Å². The highest BCUT2D eigenvalue weighted by atomic mass is 16.5. The van der Waals surface area contributed by atoms with E-state index in [-0.39, 0.29) is 40.5 Å². The summed E-state index contributed by atoms with van der Waals surface area (Å²) in [4.78, 5) is 25.1. The first kappa shape index (κ1) is 22.3. The van der Waals surface area contributed by atoms with Crippen LogP contribution in [0.3, 0.4) is 0 Å². The van der Waals surface area contributed by atoms with Crippen molar-refractivity contribution in [3.63, 3.8) is 0 Å². The Hall–Kier alpha value is -0.940. The predicted octanol–water partition coefficient (Wildman–Crippen LogP) is 3.75. The van der Waals surface area contributed by atoms with Gasteiger partial charge in [-0.05, 0) is 85.9 Å². The average molecular weight is 421 g/mol. The van der Waals surface area contributed by atoms with E-state index in [1.54, 1.807) is 0 Å². The number of hydrogen-bond acceptors (Lipinski definition) is 5. The van der Waals surface area contributed by atoms with Crippen molar-refractivity contribution in [1.82, 2.24) is 0 Å². The van der Waals surface area contributed by atoms with E-state index in [9.17, 15) is 19.8 Å². The summed E-state index contributed by atoms with van der Waals surface area (Å²) in [7, 11) is 1.44. The lowest BCUT2D eigenvalue weighted by Gasteiger charge is -2.61. The maximum atomic E-state index is 13.5. The van der Waals surface area contributed by atoms with Gasteiger partial charge in [-0.1, -0.05) is 20.8 Å². The van der Waals surface area contributed by atoms with Crippen LogP contribution >= 0.6 is 0 Å². The first-order valence-electron chi connectivity index (χ1n) is 12.1. The summed E-state index contributed by atoms with van der Waals surface area (Å²) in [5, 5.41) is 21.2. The second-order valence-corrected chi connectivity index (χ2v) is 11.4. The van der Waals surface area contributed by atoms with Gasteiger partial charge in [-0.3, -0.25) is 9.59 Å². The minimum absolute atomic E-state index is 0.0481. The molecule has 4 unspecified atom stereocenters. The van der Waals surface area contributed by atoms with Crippen molar-refractivity contribution in [2.75, 3.05) is 7.11 Å². The van der Waals surface area contributed by atoms with E-state index in [1.807, 2.05) is 0 Å². The highest BCUT2D eigenvalue weighted by Crippen LogP contribution is 2.67. The van der Waals surface area contributed by atoms with Gasteiger partial charge in [0.2, 0.25) is 0 Å². The lowest BCUT2D eigenvalue weighted by Crippen LogP contribution is -2.62. The van der Waals surface area contributed by atoms with Gasteiger partial charge in [0.25, 0.3) is 0 Å². The van der Waals surface area contributed by atoms with Crippen LogP contribution in [-0.2, 0) is 14.3 Å². The van der Waals surface area contributed by atoms with E-state index < -0.39 is 6.10 Å². The minimum atomic E-state index is -0.927. The maximum Gasteiger partial charge on any atom is 0.305 e. The molecular formula is C25H40O5. The highest BCUT2D eigenvalue weighted by molar-refractivity contribution is 5.87. The molecule has 0 spiro atoms. The molecule has 4 rings (SSSR count). The van der Waals surface area contributed by atoms with Crippen LogP contribution in [0.25, 0.3) is 0 Å². The van der Waals surface area contributed by atoms with Crippen LogP contribution in [0, 0.1) is 46.3 Å². The van der Waals surface area contributed by atoms with E-state index in [2.05, 4.69) is 20.8 Å². The molecule has 0 aromatic rings. The molecule has 4 fully saturated rings. The Morgan fingerprint density at radius 2 is 1.73 bits per heavy atom. The van der Waals surface area contributed by atoms with Crippen molar-refractivity contribution in [2.45, 2.75) is 90.8 Å². The smallest absolute Gasteiger partial charge is 0.305 e. The molecule has 5 heteroatoms. The Bertz CT molecular complexity index is 691. The van der Waals surface area contributed by atoms with Gasteiger partial charge in [-0.2, -0.15) is 0 Å². The van der Waals surface area contributed by atoms with Gasteiger partial charge in [0.15, 0.2) is 5.78 Å². The molecule has 0 aromatic heterocycles. The number of hydrogen-bond donors (Lipinski definition) is 2. The number of aliphatic hydroxyl groups excluding tert-OH is 2. The summed E-state index contributed by atoms with van der Waals surface area (Å²) >= 11 is 0. The number of rotatable bonds is 4. The number of Topliss-reactive ketones (excluding diaryl/α,β-unsaturated/α-hetero) is 1. The average Bonchev–Trinajstić information content (AvgIpc) is 3.08. The molecule has 0 aromatic carbocycles. The van der Waals surface area contributed by atoms with E-state index in [0.29, 0.717) is 36.5 Å². The fourth-order valence-corrected chi connectivity index (χ4v) is 8.59. The number of methoxy groups -OCH3 is 1. The summed E-state index contributed by atoms with van der Waals surface area (Å²) < 4.78 is 4.83. The van der Waals surface area contributed by atoms with Crippen molar-refractivity contribution in [3.05, 3.63) is 0 Å². The molecule has 2 N–H and O–H groups in total. The fraction of sp³-hybridized carbons (Fsp3) is 0.920. The zero-order chi connectivity index (χ0) is 21.8. The zero-order valence-electron chi connectivity index (χ0n) is 19.1. The summed E-state index contributed by atoms with van der Waals surface area (Å²) in [5.74, 6) is 1.35. The number of ketones is 1. The topological polar surface area (TPSA) is 83.8 Å². The molecule has 0 saturated heterocycles. The van der Waals surface area contributed by atoms with Crippen molar-refractivity contribution >= 4 is 11.8 Å². The molecule has 4 aliphatic rings. The lowest BCUT2D eigenvalue weighted by molar-refractivity contribution is -0.184. The van der Waals surface area contributed by atoms with Crippen LogP contribution in [-0.4, -0.2) is 41.3 Å². The van der Waals surface area contributed by atoms with Gasteiger partial charge in [-0.15, -0.1) is 0 Å². The normalized spacial score (nSPS) is 49.0. The largest absolute Gasteiger partial charge is 0.469 e. The molecule has 10 atom stereocenters. The van der Waals surface area contributed by atoms with Gasteiger partial charge in [-0.25, -0.2) is 0 Å². The van der Waals surface area contributed by atoms with Crippen LogP contribution < -0.4 is 0 Å². The van der Waals surface area contributed by atoms with Crippen LogP contribution in [0.1, 0.15) is 78.6 Å². The third-order valence-corrected chi connectivity index (χ3v) is 10.3. The third kappa shape index (κ3) is 3.26. The molecule has 0 aliphatic heterocycles. The molecule has 5 nitrogen and oxygen atoms in total. The minimum Gasteiger partial charge on any atom is -0.469 e. The summed E-state index contributed by atoms with van der Waals surface area (Å²) in [6.45, 7) is 6.91. The highest BCUT2D eigenvalue weighted by Gasteiger charge is 2.65. The van der Waals surface area contributed by atoms with Gasteiger partial charge in [0, 0.05) is 18.3 Å². The monoisotopic (exact) mass is 420 g/mol. The number of esters is 1. The Kier molecular flexibility index (Phi) is 5.85. The van der Waals surface area contributed by atoms with Crippen LogP contribution in [0.5, 0.6) is 0 Å². The molecule has 4 saturated carbocycles. The molecule has 0 bridgehead atoms. The Morgan fingerprint density at radius 3 is 2.43 bits per heavy atom. The number of aliphatic hydroxyl groups is 2. The van der Waals surface area contributed by atoms with Crippen LogP contribution in [0.15, 0.2) is 0 Å². The molecule has 30 heavy (non-hydrogen) atoms. The second-order valence-electron chi connectivity index (χ2n) is 11.4. The van der Waals surface area contributed by atoms with Gasteiger partial charge in [0.1, 0.15) is 6.10 Å². The first-order valence-corrected chi connectivity index (χ1v) is 12.1. The summed E-state index contributed by atoms with van der Waals surface area (Å²) in [6, 6.07) is 0. The van der Waals surface area contributed by atoms with Gasteiger partial charge < -0.3 is 14.9 Å². The Labute approximate surface area is 180 Å². The molecular weight excluding hydrogens is 380 g/mol. The van der Waals surface area contributed by atoms with E-state index in [1.165, 1.54) is 7.11 Å². The van der Waals surface area contributed by atoms with Crippen molar-refractivity contribution in [1.29, 1.82) is 0 Å². The summed E-state index contributed by atoms with van der Waals surface area (Å²) in [6.07, 6.45) is 6.55. The first-order chi connectivity index (χ1) is 14.1. The lowest BCUT2D eigenvalue weighted by atomic mass is 9.43. The van der Waals surface area contributed by atoms with Crippen molar-refractivity contribution < 1.29 is 24.5 Å². The summed E-state index contributed by atoms with van der Waals surface area (Å²) in [5.41, 5.74) is 0.0522. The number of fused-ring (bicyclic) bond motifs is 5. The Morgan fingerprint density at radius 1 is 1.07 bits per heavy atom. The fourth-order valence-electron chi connectivity index (χ4n) is 8.59. The quantitative estimate of drug-likeness (QED) is 0.677. The van der Waals surface area contributed by atoms with E-state index in [0.717, 1.165) is 44.9 Å². The third-order valence-electron chi connectivity index (χ3n) is 10.3. The van der Waals surface area contributed by atoms with Gasteiger partial charge in [0.05, 0.1) is 13.2 Å². The maximum absolute atomic E-state index is 13.5.